The lowest BCUT2D eigenvalue weighted by Gasteiger charge is -2.29. The third kappa shape index (κ3) is 4.21. The summed E-state index contributed by atoms with van der Waals surface area (Å²) >= 11 is 0. The van der Waals surface area contributed by atoms with E-state index in [0.29, 0.717) is 11.3 Å². The molecular weight excluding hydrogens is 270 g/mol. The number of carbonyl (C=O) groups is 2. The molecule has 1 aromatic carbocycles. The highest BCUT2D eigenvalue weighted by molar-refractivity contribution is 5.94. The Morgan fingerprint density at radius 1 is 1.29 bits per heavy atom. The largest absolute Gasteiger partial charge is 0.480 e. The van der Waals surface area contributed by atoms with Gasteiger partial charge in [-0.05, 0) is 29.7 Å². The number of benzene rings is 1. The Hall–Kier alpha value is -2.55. The smallest absolute Gasteiger partial charge is 0.326 e. The summed E-state index contributed by atoms with van der Waals surface area (Å²) in [6, 6.07) is 6.94. The van der Waals surface area contributed by atoms with Crippen molar-refractivity contribution in [1.29, 1.82) is 5.26 Å². The fourth-order valence-electron chi connectivity index (χ4n) is 1.75. The molecule has 0 spiro atoms. The van der Waals surface area contributed by atoms with Gasteiger partial charge in [0.15, 0.2) is 0 Å². The molecule has 2 amide bonds. The van der Waals surface area contributed by atoms with E-state index in [0.717, 1.165) is 0 Å². The summed E-state index contributed by atoms with van der Waals surface area (Å²) in [6.45, 7) is 5.23. The third-order valence-electron chi connectivity index (χ3n) is 3.07. The number of hydrogen-bond donors (Lipinski definition) is 2. The van der Waals surface area contributed by atoms with Crippen LogP contribution >= 0.6 is 0 Å². The second-order valence-electron chi connectivity index (χ2n) is 5.80. The number of nitriles is 1. The number of aliphatic carboxylic acids is 1. The fourth-order valence-corrected chi connectivity index (χ4v) is 1.75. The Bertz CT molecular complexity index is 567. The summed E-state index contributed by atoms with van der Waals surface area (Å²) in [5.41, 5.74) is 0.461. The molecule has 6 nitrogen and oxygen atoms in total. The maximum Gasteiger partial charge on any atom is 0.326 e. The molecule has 0 unspecified atom stereocenters. The van der Waals surface area contributed by atoms with Gasteiger partial charge in [-0.15, -0.1) is 0 Å². The zero-order valence-electron chi connectivity index (χ0n) is 12.5. The summed E-state index contributed by atoms with van der Waals surface area (Å²) in [5, 5.41) is 20.5. The molecule has 0 saturated heterocycles. The van der Waals surface area contributed by atoms with Crippen molar-refractivity contribution >= 4 is 17.7 Å². The molecule has 0 aliphatic rings. The van der Waals surface area contributed by atoms with Gasteiger partial charge in [-0.1, -0.05) is 20.8 Å². The van der Waals surface area contributed by atoms with Gasteiger partial charge in [0.2, 0.25) is 0 Å². The van der Waals surface area contributed by atoms with Gasteiger partial charge in [-0.2, -0.15) is 5.26 Å². The van der Waals surface area contributed by atoms with E-state index < -0.39 is 23.5 Å². The van der Waals surface area contributed by atoms with Crippen molar-refractivity contribution in [2.45, 2.75) is 26.8 Å². The topological polar surface area (TPSA) is 93.4 Å². The molecule has 0 fully saturated rings. The highest BCUT2D eigenvalue weighted by Crippen LogP contribution is 2.20. The summed E-state index contributed by atoms with van der Waals surface area (Å²) in [4.78, 5) is 24.7. The maximum absolute atomic E-state index is 12.1. The van der Waals surface area contributed by atoms with E-state index in [2.05, 4.69) is 5.32 Å². The molecule has 0 aromatic heterocycles. The van der Waals surface area contributed by atoms with Crippen molar-refractivity contribution < 1.29 is 14.7 Å². The molecule has 0 bridgehead atoms. The lowest BCUT2D eigenvalue weighted by molar-refractivity contribution is -0.141. The SMILES string of the molecule is CN(C(=O)N[C@@H](C(=O)O)C(C)(C)C)c1ccc(C#N)cc1. The number of anilines is 1. The maximum atomic E-state index is 12.1. The van der Waals surface area contributed by atoms with Crippen LogP contribution in [0.25, 0.3) is 0 Å². The number of carboxylic acids is 1. The van der Waals surface area contributed by atoms with Gasteiger partial charge >= 0.3 is 12.0 Å². The quantitative estimate of drug-likeness (QED) is 0.892. The lowest BCUT2D eigenvalue weighted by atomic mass is 9.87. The standard InChI is InChI=1S/C15H19N3O3/c1-15(2,3)12(13(19)20)17-14(21)18(4)11-7-5-10(9-16)6-8-11/h5-8,12H,1-4H3,(H,17,21)(H,19,20)/t12-/m0/s1. The van der Waals surface area contributed by atoms with Gasteiger partial charge in [0, 0.05) is 12.7 Å². The van der Waals surface area contributed by atoms with Crippen LogP contribution in [0.3, 0.4) is 0 Å². The highest BCUT2D eigenvalue weighted by atomic mass is 16.4. The number of hydrogen-bond acceptors (Lipinski definition) is 3. The molecule has 112 valence electrons. The predicted molar refractivity (Wildman–Crippen MR) is 79.0 cm³/mol. The van der Waals surface area contributed by atoms with E-state index in [1.807, 2.05) is 6.07 Å². The Morgan fingerprint density at radius 2 is 1.81 bits per heavy atom. The molecule has 21 heavy (non-hydrogen) atoms. The van der Waals surface area contributed by atoms with E-state index in [-0.39, 0.29) is 0 Å². The van der Waals surface area contributed by atoms with Gasteiger partial charge in [0.05, 0.1) is 11.6 Å². The molecule has 1 atom stereocenters. The van der Waals surface area contributed by atoms with Crippen molar-refractivity contribution in [3.63, 3.8) is 0 Å². The first-order chi connectivity index (χ1) is 9.66. The van der Waals surface area contributed by atoms with Crippen molar-refractivity contribution in [1.82, 2.24) is 5.32 Å². The Morgan fingerprint density at radius 3 is 2.19 bits per heavy atom. The van der Waals surface area contributed by atoms with Gasteiger partial charge in [-0.25, -0.2) is 9.59 Å². The normalized spacial score (nSPS) is 12.1. The summed E-state index contributed by atoms with van der Waals surface area (Å²) in [6.07, 6.45) is 0. The number of carboxylic acid groups (broad SMARTS) is 1. The number of amides is 2. The van der Waals surface area contributed by atoms with Crippen LogP contribution in [0.1, 0.15) is 26.3 Å². The number of urea groups is 1. The van der Waals surface area contributed by atoms with Crippen LogP contribution in [-0.2, 0) is 4.79 Å². The first kappa shape index (κ1) is 16.5. The first-order valence-corrected chi connectivity index (χ1v) is 6.44. The summed E-state index contributed by atoms with van der Waals surface area (Å²) < 4.78 is 0. The zero-order valence-corrected chi connectivity index (χ0v) is 12.5. The predicted octanol–water partition coefficient (Wildman–Crippen LogP) is 2.20. The van der Waals surface area contributed by atoms with E-state index in [1.54, 1.807) is 45.0 Å². The number of nitrogens with zero attached hydrogens (tertiary/aromatic N) is 2. The molecule has 1 aromatic rings. The molecule has 0 aliphatic heterocycles. The third-order valence-corrected chi connectivity index (χ3v) is 3.07. The molecule has 2 N–H and O–H groups in total. The monoisotopic (exact) mass is 289 g/mol. The van der Waals surface area contributed by atoms with Crippen LogP contribution in [0.4, 0.5) is 10.5 Å². The van der Waals surface area contributed by atoms with Crippen LogP contribution in [0.2, 0.25) is 0 Å². The van der Waals surface area contributed by atoms with Crippen LogP contribution < -0.4 is 10.2 Å². The zero-order chi connectivity index (χ0) is 16.2. The molecule has 0 radical (unpaired) electrons. The lowest BCUT2D eigenvalue weighted by Crippen LogP contribution is -2.52. The van der Waals surface area contributed by atoms with Gasteiger partial charge in [-0.3, -0.25) is 4.90 Å². The second kappa shape index (κ2) is 6.27. The number of rotatable bonds is 3. The number of carbonyl (C=O) groups excluding carboxylic acids is 1. The van der Waals surface area contributed by atoms with Crippen LogP contribution in [-0.4, -0.2) is 30.2 Å². The fraction of sp³-hybridized carbons (Fsp3) is 0.400. The van der Waals surface area contributed by atoms with E-state index in [4.69, 9.17) is 5.26 Å². The van der Waals surface area contributed by atoms with Crippen LogP contribution in [0, 0.1) is 16.7 Å². The second-order valence-corrected chi connectivity index (χ2v) is 5.80. The minimum absolute atomic E-state index is 0.491. The van der Waals surface area contributed by atoms with Crippen LogP contribution in [0.15, 0.2) is 24.3 Å². The van der Waals surface area contributed by atoms with Gasteiger partial charge in [0.25, 0.3) is 0 Å². The Labute approximate surface area is 124 Å². The molecule has 1 rings (SSSR count). The summed E-state index contributed by atoms with van der Waals surface area (Å²) in [5.74, 6) is -1.08. The highest BCUT2D eigenvalue weighted by Gasteiger charge is 2.33. The Balaban J connectivity index is 2.87. The first-order valence-electron chi connectivity index (χ1n) is 6.44. The van der Waals surface area contributed by atoms with Crippen molar-refractivity contribution in [3.8, 4) is 6.07 Å². The van der Waals surface area contributed by atoms with E-state index in [9.17, 15) is 14.7 Å². The molecule has 6 heteroatoms. The van der Waals surface area contributed by atoms with Crippen LogP contribution in [0.5, 0.6) is 0 Å². The van der Waals surface area contributed by atoms with E-state index in [1.165, 1.54) is 11.9 Å². The van der Waals surface area contributed by atoms with Crippen molar-refractivity contribution in [3.05, 3.63) is 29.8 Å². The van der Waals surface area contributed by atoms with Gasteiger partial charge < -0.3 is 10.4 Å². The molecule has 0 heterocycles. The number of nitrogens with one attached hydrogen (secondary N) is 1. The Kier molecular flexibility index (Phi) is 4.93. The van der Waals surface area contributed by atoms with Gasteiger partial charge in [0.1, 0.15) is 6.04 Å². The van der Waals surface area contributed by atoms with E-state index >= 15 is 0 Å². The minimum atomic E-state index is -1.08. The average Bonchev–Trinajstić information content (AvgIpc) is 2.42. The molecule has 0 aliphatic carbocycles. The van der Waals surface area contributed by atoms with Crippen molar-refractivity contribution in [2.75, 3.05) is 11.9 Å². The average molecular weight is 289 g/mol. The minimum Gasteiger partial charge on any atom is -0.480 e. The van der Waals surface area contributed by atoms with Crippen molar-refractivity contribution in [2.24, 2.45) is 5.41 Å². The molecular formula is C15H19N3O3. The summed E-state index contributed by atoms with van der Waals surface area (Å²) in [7, 11) is 1.54. The molecule has 0 saturated carbocycles.